The highest BCUT2D eigenvalue weighted by Crippen LogP contribution is 2.28. The molecule has 3 aromatic rings. The minimum Gasteiger partial charge on any atom is -0.325 e. The Morgan fingerprint density at radius 2 is 1.90 bits per heavy atom. The first-order valence-electron chi connectivity index (χ1n) is 9.38. The highest BCUT2D eigenvalue weighted by Gasteiger charge is 2.20. The Balaban J connectivity index is 1.75. The summed E-state index contributed by atoms with van der Waals surface area (Å²) in [6.07, 6.45) is 2.75. The summed E-state index contributed by atoms with van der Waals surface area (Å²) >= 11 is 7.35. The highest BCUT2D eigenvalue weighted by atomic mass is 35.5. The van der Waals surface area contributed by atoms with E-state index in [0.29, 0.717) is 22.5 Å². The summed E-state index contributed by atoms with van der Waals surface area (Å²) in [5.74, 6) is 0.632. The van der Waals surface area contributed by atoms with Gasteiger partial charge in [-0.15, -0.1) is 16.8 Å². The van der Waals surface area contributed by atoms with Crippen molar-refractivity contribution in [2.75, 3.05) is 5.32 Å². The number of carbonyl (C=O) groups excluding carboxylic acids is 1. The van der Waals surface area contributed by atoms with Crippen LogP contribution in [0.2, 0.25) is 5.02 Å². The Labute approximate surface area is 180 Å². The number of halogens is 1. The van der Waals surface area contributed by atoms with Gasteiger partial charge in [0, 0.05) is 22.8 Å². The molecule has 0 aliphatic heterocycles. The van der Waals surface area contributed by atoms with Crippen LogP contribution in [0, 0.1) is 0 Å². The molecule has 0 radical (unpaired) electrons. The van der Waals surface area contributed by atoms with Crippen LogP contribution in [-0.4, -0.2) is 25.9 Å². The lowest BCUT2D eigenvalue weighted by Crippen LogP contribution is -2.23. The fourth-order valence-corrected chi connectivity index (χ4v) is 3.75. The number of anilines is 1. The first kappa shape index (κ1) is 21.1. The molecule has 0 saturated carbocycles. The second kappa shape index (κ2) is 9.76. The molecule has 1 unspecified atom stereocenters. The lowest BCUT2D eigenvalue weighted by atomic mass is 10.1. The maximum Gasteiger partial charge on any atom is 0.237 e. The van der Waals surface area contributed by atoms with Gasteiger partial charge in [-0.3, -0.25) is 9.36 Å². The van der Waals surface area contributed by atoms with Crippen LogP contribution in [-0.2, 0) is 17.8 Å². The molecule has 0 aliphatic rings. The number of allylic oxidation sites excluding steroid dienone is 1. The number of benzene rings is 2. The molecule has 1 aromatic heterocycles. The molecule has 0 spiro atoms. The number of nitrogens with one attached hydrogen (secondary N) is 1. The molecule has 1 amide bonds. The SMILES string of the molecule is C=CCn1c(SC(C)C(=O)Nc2ccc(CC)cc2)nnc1-c1ccc(Cl)cc1. The number of rotatable bonds is 8. The lowest BCUT2D eigenvalue weighted by Gasteiger charge is -2.13. The van der Waals surface area contributed by atoms with E-state index in [1.54, 1.807) is 6.08 Å². The van der Waals surface area contributed by atoms with Gasteiger partial charge in [-0.1, -0.05) is 48.5 Å². The summed E-state index contributed by atoms with van der Waals surface area (Å²) in [6.45, 7) is 8.32. The van der Waals surface area contributed by atoms with Crippen molar-refractivity contribution in [3.63, 3.8) is 0 Å². The van der Waals surface area contributed by atoms with E-state index in [2.05, 4.69) is 29.0 Å². The molecule has 150 valence electrons. The van der Waals surface area contributed by atoms with Crippen LogP contribution < -0.4 is 5.32 Å². The molecule has 3 rings (SSSR count). The topological polar surface area (TPSA) is 59.8 Å². The van der Waals surface area contributed by atoms with E-state index in [1.807, 2.05) is 60.0 Å². The number of aromatic nitrogens is 3. The largest absolute Gasteiger partial charge is 0.325 e. The van der Waals surface area contributed by atoms with Crippen molar-refractivity contribution < 1.29 is 4.79 Å². The van der Waals surface area contributed by atoms with E-state index in [0.717, 1.165) is 17.7 Å². The number of aryl methyl sites for hydroxylation is 1. The zero-order valence-electron chi connectivity index (χ0n) is 16.4. The lowest BCUT2D eigenvalue weighted by molar-refractivity contribution is -0.115. The van der Waals surface area contributed by atoms with Gasteiger partial charge >= 0.3 is 0 Å². The van der Waals surface area contributed by atoms with E-state index < -0.39 is 0 Å². The van der Waals surface area contributed by atoms with Crippen LogP contribution in [0.4, 0.5) is 5.69 Å². The number of carbonyl (C=O) groups is 1. The predicted octanol–water partition coefficient (Wildman–Crippen LogP) is 5.47. The molecule has 1 N–H and O–H groups in total. The number of thioether (sulfide) groups is 1. The zero-order chi connectivity index (χ0) is 20.8. The summed E-state index contributed by atoms with van der Waals surface area (Å²) in [5.41, 5.74) is 2.93. The molecule has 2 aromatic carbocycles. The number of nitrogens with zero attached hydrogens (tertiary/aromatic N) is 3. The summed E-state index contributed by atoms with van der Waals surface area (Å²) in [7, 11) is 0. The van der Waals surface area contributed by atoms with Gasteiger partial charge in [0.15, 0.2) is 11.0 Å². The third kappa shape index (κ3) is 5.28. The number of amides is 1. The third-order valence-electron chi connectivity index (χ3n) is 4.41. The minimum atomic E-state index is -0.341. The molecule has 0 saturated heterocycles. The number of hydrogen-bond donors (Lipinski definition) is 1. The molecular weight excluding hydrogens is 404 g/mol. The molecule has 0 aliphatic carbocycles. The highest BCUT2D eigenvalue weighted by molar-refractivity contribution is 8.00. The monoisotopic (exact) mass is 426 g/mol. The molecule has 29 heavy (non-hydrogen) atoms. The van der Waals surface area contributed by atoms with Gasteiger partial charge in [0.05, 0.1) is 5.25 Å². The Bertz CT molecular complexity index is 983. The quantitative estimate of drug-likeness (QED) is 0.383. The van der Waals surface area contributed by atoms with Gasteiger partial charge in [-0.25, -0.2) is 0 Å². The van der Waals surface area contributed by atoms with Crippen LogP contribution in [0.15, 0.2) is 66.3 Å². The van der Waals surface area contributed by atoms with Crippen molar-refractivity contribution in [2.24, 2.45) is 0 Å². The van der Waals surface area contributed by atoms with E-state index in [4.69, 9.17) is 11.6 Å². The van der Waals surface area contributed by atoms with E-state index in [-0.39, 0.29) is 11.2 Å². The molecule has 1 atom stereocenters. The maximum atomic E-state index is 12.6. The van der Waals surface area contributed by atoms with Crippen molar-refractivity contribution in [1.82, 2.24) is 14.8 Å². The van der Waals surface area contributed by atoms with E-state index in [9.17, 15) is 4.79 Å². The van der Waals surface area contributed by atoms with E-state index >= 15 is 0 Å². The summed E-state index contributed by atoms with van der Waals surface area (Å²) in [4.78, 5) is 12.6. The molecule has 5 nitrogen and oxygen atoms in total. The summed E-state index contributed by atoms with van der Waals surface area (Å²) in [6, 6.07) is 15.3. The Morgan fingerprint density at radius 3 is 2.52 bits per heavy atom. The van der Waals surface area contributed by atoms with Gasteiger partial charge in [0.25, 0.3) is 0 Å². The van der Waals surface area contributed by atoms with Gasteiger partial charge < -0.3 is 5.32 Å². The van der Waals surface area contributed by atoms with Gasteiger partial charge in [0.1, 0.15) is 0 Å². The standard InChI is InChI=1S/C22H23ClN4OS/c1-4-14-27-20(17-8-10-18(23)11-9-17)25-26-22(27)29-15(3)21(28)24-19-12-6-16(5-2)7-13-19/h4,6-13,15H,1,5,14H2,2-3H3,(H,24,28). The normalized spacial score (nSPS) is 11.8. The first-order valence-corrected chi connectivity index (χ1v) is 10.6. The minimum absolute atomic E-state index is 0.0829. The Hall–Kier alpha value is -2.57. The van der Waals surface area contributed by atoms with Gasteiger partial charge in [-0.2, -0.15) is 0 Å². The van der Waals surface area contributed by atoms with E-state index in [1.165, 1.54) is 17.3 Å². The van der Waals surface area contributed by atoms with Crippen LogP contribution in [0.3, 0.4) is 0 Å². The van der Waals surface area contributed by atoms with Gasteiger partial charge in [0.2, 0.25) is 5.91 Å². The summed E-state index contributed by atoms with van der Waals surface area (Å²) < 4.78 is 1.95. The van der Waals surface area contributed by atoms with Gasteiger partial charge in [-0.05, 0) is 55.3 Å². The average Bonchev–Trinajstić information content (AvgIpc) is 3.11. The second-order valence-electron chi connectivity index (χ2n) is 6.51. The third-order valence-corrected chi connectivity index (χ3v) is 5.74. The molecule has 0 fully saturated rings. The van der Waals surface area contributed by atoms with Crippen LogP contribution in [0.25, 0.3) is 11.4 Å². The van der Waals surface area contributed by atoms with Crippen LogP contribution >= 0.6 is 23.4 Å². The fourth-order valence-electron chi connectivity index (χ4n) is 2.76. The van der Waals surface area contributed by atoms with Crippen molar-refractivity contribution >= 4 is 35.0 Å². The Morgan fingerprint density at radius 1 is 1.21 bits per heavy atom. The smallest absolute Gasteiger partial charge is 0.237 e. The Kier molecular flexibility index (Phi) is 7.12. The first-order chi connectivity index (χ1) is 14.0. The van der Waals surface area contributed by atoms with Crippen molar-refractivity contribution in [3.05, 3.63) is 71.8 Å². The molecular formula is C22H23ClN4OS. The molecule has 7 heteroatoms. The average molecular weight is 427 g/mol. The maximum absolute atomic E-state index is 12.6. The fraction of sp³-hybridized carbons (Fsp3) is 0.227. The summed E-state index contributed by atoms with van der Waals surface area (Å²) in [5, 5.41) is 12.6. The van der Waals surface area contributed by atoms with Crippen LogP contribution in [0.1, 0.15) is 19.4 Å². The second-order valence-corrected chi connectivity index (χ2v) is 8.26. The van der Waals surface area contributed by atoms with Crippen molar-refractivity contribution in [2.45, 2.75) is 37.2 Å². The number of hydrogen-bond acceptors (Lipinski definition) is 4. The van der Waals surface area contributed by atoms with Crippen molar-refractivity contribution in [1.29, 1.82) is 0 Å². The molecule has 1 heterocycles. The van der Waals surface area contributed by atoms with Crippen molar-refractivity contribution in [3.8, 4) is 11.4 Å². The molecule has 0 bridgehead atoms. The predicted molar refractivity (Wildman–Crippen MR) is 120 cm³/mol. The zero-order valence-corrected chi connectivity index (χ0v) is 18.0. The van der Waals surface area contributed by atoms with Crippen LogP contribution in [0.5, 0.6) is 0 Å².